The minimum absolute atomic E-state index is 0.814. The van der Waals surface area contributed by atoms with Gasteiger partial charge in [-0.2, -0.15) is 0 Å². The second kappa shape index (κ2) is 2.63. The van der Waals surface area contributed by atoms with E-state index in [1.165, 1.54) is 0 Å². The lowest BCUT2D eigenvalue weighted by atomic mass is 10.4. The van der Waals surface area contributed by atoms with Crippen LogP contribution in [0.2, 0.25) is 0 Å². The van der Waals surface area contributed by atoms with Crippen molar-refractivity contribution < 1.29 is 0 Å². The molecule has 6 heteroatoms. The summed E-state index contributed by atoms with van der Waals surface area (Å²) in [5.74, 6) is 0. The van der Waals surface area contributed by atoms with Crippen molar-refractivity contribution in [2.24, 2.45) is 0 Å². The molecule has 0 unspecified atom stereocenters. The van der Waals surface area contributed by atoms with Crippen LogP contribution in [0.1, 0.15) is 0 Å². The van der Waals surface area contributed by atoms with Gasteiger partial charge in [-0.15, -0.1) is 15.3 Å². The number of aromatic nitrogens is 6. The predicted octanol–water partition coefficient (Wildman–Crippen LogP) is 0.310. The zero-order valence-corrected chi connectivity index (χ0v) is 7.15. The van der Waals surface area contributed by atoms with E-state index in [2.05, 4.69) is 20.5 Å². The molecule has 0 saturated heterocycles. The van der Waals surface area contributed by atoms with Crippen LogP contribution in [-0.4, -0.2) is 29.6 Å². The van der Waals surface area contributed by atoms with E-state index >= 15 is 0 Å². The number of rotatable bonds is 1. The lowest BCUT2D eigenvalue weighted by Crippen LogP contribution is -1.96. The second-order valence-electron chi connectivity index (χ2n) is 2.83. The normalized spacial score (nSPS) is 10.9. The minimum atomic E-state index is 0.814. The summed E-state index contributed by atoms with van der Waals surface area (Å²) in [5.41, 5.74) is 1.74. The summed E-state index contributed by atoms with van der Waals surface area (Å²) in [7, 11) is 0. The van der Waals surface area contributed by atoms with E-state index in [4.69, 9.17) is 0 Å². The lowest BCUT2D eigenvalue weighted by Gasteiger charge is -1.99. The van der Waals surface area contributed by atoms with Crippen molar-refractivity contribution in [1.29, 1.82) is 0 Å². The quantitative estimate of drug-likeness (QED) is 0.548. The third-order valence-electron chi connectivity index (χ3n) is 1.96. The van der Waals surface area contributed by atoms with Gasteiger partial charge in [0.15, 0.2) is 5.65 Å². The third-order valence-corrected chi connectivity index (χ3v) is 1.96. The van der Waals surface area contributed by atoms with Gasteiger partial charge in [0.05, 0.1) is 18.1 Å². The maximum atomic E-state index is 3.91. The van der Waals surface area contributed by atoms with Crippen LogP contribution in [0.5, 0.6) is 0 Å². The summed E-state index contributed by atoms with van der Waals surface area (Å²) in [6.45, 7) is 0. The molecule has 0 saturated carbocycles. The Morgan fingerprint density at radius 3 is 3.00 bits per heavy atom. The smallest absolute Gasteiger partial charge is 0.160 e. The maximum Gasteiger partial charge on any atom is 0.160 e. The summed E-state index contributed by atoms with van der Waals surface area (Å²) in [4.78, 5) is 0. The molecule has 0 N–H and O–H groups in total. The molecule has 0 aliphatic carbocycles. The zero-order chi connectivity index (χ0) is 9.38. The minimum Gasteiger partial charge on any atom is -0.287 e. The first-order chi connectivity index (χ1) is 6.93. The van der Waals surface area contributed by atoms with Gasteiger partial charge in [0, 0.05) is 6.20 Å². The number of hydrogen-bond donors (Lipinski definition) is 0. The summed E-state index contributed by atoms with van der Waals surface area (Å²) in [6.07, 6.45) is 6.96. The number of nitrogens with zero attached hydrogens (tertiary/aromatic N) is 6. The van der Waals surface area contributed by atoms with Crippen LogP contribution in [0, 0.1) is 0 Å². The highest BCUT2D eigenvalue weighted by Gasteiger charge is 1.99. The fraction of sp³-hybridized carbons (Fsp3) is 0. The van der Waals surface area contributed by atoms with Gasteiger partial charge in [-0.05, 0) is 12.1 Å². The van der Waals surface area contributed by atoms with Crippen LogP contribution in [0.4, 0.5) is 0 Å². The van der Waals surface area contributed by atoms with Crippen LogP contribution in [0.3, 0.4) is 0 Å². The van der Waals surface area contributed by atoms with Gasteiger partial charge in [-0.1, -0.05) is 5.21 Å². The largest absolute Gasteiger partial charge is 0.287 e. The Bertz CT molecular complexity index is 552. The van der Waals surface area contributed by atoms with Crippen LogP contribution < -0.4 is 0 Å². The molecular weight excluding hydrogens is 180 g/mol. The van der Waals surface area contributed by atoms with Gasteiger partial charge in [0.1, 0.15) is 6.33 Å². The van der Waals surface area contributed by atoms with Crippen molar-refractivity contribution in [1.82, 2.24) is 29.6 Å². The highest BCUT2D eigenvalue weighted by Crippen LogP contribution is 2.06. The highest BCUT2D eigenvalue weighted by molar-refractivity contribution is 5.42. The van der Waals surface area contributed by atoms with E-state index in [0.717, 1.165) is 11.3 Å². The SMILES string of the molecule is c1cn(-c2ccc3nncn3c2)nn1. The Balaban J connectivity index is 2.23. The first-order valence-electron chi connectivity index (χ1n) is 4.09. The summed E-state index contributed by atoms with van der Waals surface area (Å²) < 4.78 is 3.51. The van der Waals surface area contributed by atoms with Crippen LogP contribution in [-0.2, 0) is 0 Å². The molecule has 0 spiro atoms. The lowest BCUT2D eigenvalue weighted by molar-refractivity contribution is 0.797. The molecule has 0 aliphatic rings. The molecule has 3 rings (SSSR count). The van der Waals surface area contributed by atoms with Crippen molar-refractivity contribution in [2.75, 3.05) is 0 Å². The van der Waals surface area contributed by atoms with Crippen molar-refractivity contribution in [2.45, 2.75) is 0 Å². The molecule has 0 amide bonds. The van der Waals surface area contributed by atoms with Crippen LogP contribution in [0.15, 0.2) is 37.1 Å². The Morgan fingerprint density at radius 2 is 2.14 bits per heavy atom. The van der Waals surface area contributed by atoms with E-state index in [1.807, 2.05) is 22.7 Å². The zero-order valence-electron chi connectivity index (χ0n) is 7.15. The maximum absolute atomic E-state index is 3.91. The Kier molecular flexibility index (Phi) is 1.35. The monoisotopic (exact) mass is 186 g/mol. The highest BCUT2D eigenvalue weighted by atomic mass is 15.4. The molecule has 3 heterocycles. The molecule has 68 valence electrons. The fourth-order valence-corrected chi connectivity index (χ4v) is 1.30. The van der Waals surface area contributed by atoms with Crippen molar-refractivity contribution >= 4 is 5.65 Å². The molecule has 0 fully saturated rings. The molecular formula is C8H6N6. The second-order valence-corrected chi connectivity index (χ2v) is 2.83. The van der Waals surface area contributed by atoms with Crippen molar-refractivity contribution in [3.8, 4) is 5.69 Å². The van der Waals surface area contributed by atoms with Crippen molar-refractivity contribution in [3.05, 3.63) is 37.1 Å². The molecule has 6 nitrogen and oxygen atoms in total. The molecule has 0 bridgehead atoms. The van der Waals surface area contributed by atoms with E-state index in [0.29, 0.717) is 0 Å². The van der Waals surface area contributed by atoms with Gasteiger partial charge < -0.3 is 0 Å². The molecule has 3 aromatic heterocycles. The van der Waals surface area contributed by atoms with Crippen LogP contribution >= 0.6 is 0 Å². The van der Waals surface area contributed by atoms with Gasteiger partial charge >= 0.3 is 0 Å². The van der Waals surface area contributed by atoms with E-state index < -0.39 is 0 Å². The predicted molar refractivity (Wildman–Crippen MR) is 47.9 cm³/mol. The first-order valence-corrected chi connectivity index (χ1v) is 4.09. The Hall–Kier alpha value is -2.24. The van der Waals surface area contributed by atoms with E-state index in [9.17, 15) is 0 Å². The average molecular weight is 186 g/mol. The summed E-state index contributed by atoms with van der Waals surface area (Å²) in [6, 6.07) is 3.79. The van der Waals surface area contributed by atoms with Crippen molar-refractivity contribution in [3.63, 3.8) is 0 Å². The topological polar surface area (TPSA) is 60.9 Å². The average Bonchev–Trinajstić information content (AvgIpc) is 2.88. The molecule has 0 atom stereocenters. The fourth-order valence-electron chi connectivity index (χ4n) is 1.30. The molecule has 3 aromatic rings. The molecule has 0 radical (unpaired) electrons. The first kappa shape index (κ1) is 7.19. The Morgan fingerprint density at radius 1 is 1.14 bits per heavy atom. The summed E-state index contributed by atoms with van der Waals surface area (Å²) >= 11 is 0. The van der Waals surface area contributed by atoms with Crippen LogP contribution in [0.25, 0.3) is 11.3 Å². The van der Waals surface area contributed by atoms with Gasteiger partial charge in [0.25, 0.3) is 0 Å². The van der Waals surface area contributed by atoms with E-state index in [1.54, 1.807) is 23.4 Å². The number of fused-ring (bicyclic) bond motifs is 1. The molecule has 14 heavy (non-hydrogen) atoms. The number of pyridine rings is 1. The third kappa shape index (κ3) is 0.972. The molecule has 0 aliphatic heterocycles. The van der Waals surface area contributed by atoms with E-state index in [-0.39, 0.29) is 0 Å². The Labute approximate surface area is 78.8 Å². The van der Waals surface area contributed by atoms with Gasteiger partial charge in [-0.25, -0.2) is 4.68 Å². The molecule has 0 aromatic carbocycles. The van der Waals surface area contributed by atoms with Gasteiger partial charge in [-0.3, -0.25) is 4.40 Å². The number of hydrogen-bond acceptors (Lipinski definition) is 4. The van der Waals surface area contributed by atoms with Gasteiger partial charge in [0.2, 0.25) is 0 Å². The standard InChI is InChI=1S/C8H6N6/c1-2-8-11-10-6-13(8)5-7(1)14-4-3-9-12-14/h1-6H. The summed E-state index contributed by atoms with van der Waals surface area (Å²) in [5, 5.41) is 15.3.